The van der Waals surface area contributed by atoms with E-state index in [4.69, 9.17) is 5.73 Å². The van der Waals surface area contributed by atoms with Gasteiger partial charge in [-0.3, -0.25) is 19.4 Å². The molecule has 3 amide bonds. The minimum Gasteiger partial charge on any atom is -0.389 e. The van der Waals surface area contributed by atoms with Crippen molar-refractivity contribution in [3.05, 3.63) is 24.0 Å². The second-order valence-electron chi connectivity index (χ2n) is 6.83. The van der Waals surface area contributed by atoms with E-state index in [1.54, 1.807) is 0 Å². The number of carbonyl (C=O) groups is 3. The SMILES string of the molecule is NC(=O)c1cncc(NC(=O)C(=O)N2CC[C@@]3(O)CCCC[C@H]3C2)c1. The highest BCUT2D eigenvalue weighted by molar-refractivity contribution is 6.39. The number of amides is 3. The molecule has 1 aromatic rings. The number of pyridine rings is 1. The first-order chi connectivity index (χ1) is 11.9. The summed E-state index contributed by atoms with van der Waals surface area (Å²) in [4.78, 5) is 41.1. The van der Waals surface area contributed by atoms with Crippen molar-refractivity contribution in [1.82, 2.24) is 9.88 Å². The van der Waals surface area contributed by atoms with Crippen LogP contribution in [-0.2, 0) is 9.59 Å². The maximum Gasteiger partial charge on any atom is 0.313 e. The Kier molecular flexibility index (Phi) is 4.71. The van der Waals surface area contributed by atoms with E-state index >= 15 is 0 Å². The van der Waals surface area contributed by atoms with Crippen molar-refractivity contribution in [3.8, 4) is 0 Å². The number of anilines is 1. The van der Waals surface area contributed by atoms with Crippen LogP contribution in [0, 0.1) is 5.92 Å². The van der Waals surface area contributed by atoms with Crippen LogP contribution in [0.3, 0.4) is 0 Å². The highest BCUT2D eigenvalue weighted by Gasteiger charge is 2.44. The molecule has 8 heteroatoms. The number of aliphatic hydroxyl groups is 1. The fourth-order valence-corrected chi connectivity index (χ4v) is 3.73. The Bertz CT molecular complexity index is 708. The van der Waals surface area contributed by atoms with Crippen LogP contribution in [0.5, 0.6) is 0 Å². The zero-order valence-electron chi connectivity index (χ0n) is 13.9. The molecule has 8 nitrogen and oxygen atoms in total. The number of fused-ring (bicyclic) bond motifs is 1. The fraction of sp³-hybridized carbons (Fsp3) is 0.529. The predicted molar refractivity (Wildman–Crippen MR) is 89.5 cm³/mol. The summed E-state index contributed by atoms with van der Waals surface area (Å²) in [7, 11) is 0. The number of piperidine rings is 1. The minimum absolute atomic E-state index is 0.0200. The van der Waals surface area contributed by atoms with Gasteiger partial charge >= 0.3 is 11.8 Å². The van der Waals surface area contributed by atoms with Crippen molar-refractivity contribution in [2.75, 3.05) is 18.4 Å². The lowest BCUT2D eigenvalue weighted by molar-refractivity contribution is -0.151. The fourth-order valence-electron chi connectivity index (χ4n) is 3.73. The lowest BCUT2D eigenvalue weighted by Gasteiger charge is -2.47. The summed E-state index contributed by atoms with van der Waals surface area (Å²) < 4.78 is 0. The van der Waals surface area contributed by atoms with E-state index in [9.17, 15) is 19.5 Å². The van der Waals surface area contributed by atoms with E-state index < -0.39 is 23.3 Å². The van der Waals surface area contributed by atoms with Gasteiger partial charge in [0.1, 0.15) is 0 Å². The van der Waals surface area contributed by atoms with Crippen LogP contribution in [-0.4, -0.2) is 51.4 Å². The second kappa shape index (κ2) is 6.79. The summed E-state index contributed by atoms with van der Waals surface area (Å²) in [6.45, 7) is 0.751. The molecule has 2 atom stereocenters. The van der Waals surface area contributed by atoms with Crippen molar-refractivity contribution in [1.29, 1.82) is 0 Å². The van der Waals surface area contributed by atoms with Crippen LogP contribution in [0.1, 0.15) is 42.5 Å². The molecule has 0 spiro atoms. The van der Waals surface area contributed by atoms with E-state index in [1.165, 1.54) is 23.4 Å². The van der Waals surface area contributed by atoms with Crippen molar-refractivity contribution < 1.29 is 19.5 Å². The average molecular weight is 346 g/mol. The van der Waals surface area contributed by atoms with Gasteiger partial charge in [-0.05, 0) is 25.3 Å². The standard InChI is InChI=1S/C17H22N4O4/c18-14(22)11-7-13(9-19-8-11)20-15(23)16(24)21-6-5-17(25)4-2-1-3-12(17)10-21/h7-9,12,25H,1-6,10H2,(H2,18,22)(H,20,23)/t12-,17-/m0/s1. The third-order valence-electron chi connectivity index (χ3n) is 5.19. The number of carbonyl (C=O) groups excluding carboxylic acids is 3. The molecule has 2 fully saturated rings. The second-order valence-corrected chi connectivity index (χ2v) is 6.83. The Balaban J connectivity index is 1.64. The first kappa shape index (κ1) is 17.3. The molecule has 2 aliphatic rings. The molecule has 0 unspecified atom stereocenters. The van der Waals surface area contributed by atoms with Crippen molar-refractivity contribution >= 4 is 23.4 Å². The maximum atomic E-state index is 12.4. The first-order valence-electron chi connectivity index (χ1n) is 8.46. The van der Waals surface area contributed by atoms with Gasteiger partial charge in [0.05, 0.1) is 23.0 Å². The van der Waals surface area contributed by atoms with E-state index in [-0.39, 0.29) is 17.2 Å². The summed E-state index contributed by atoms with van der Waals surface area (Å²) >= 11 is 0. The number of aromatic nitrogens is 1. The van der Waals surface area contributed by atoms with Crippen LogP contribution in [0.2, 0.25) is 0 Å². The molecule has 25 heavy (non-hydrogen) atoms. The van der Waals surface area contributed by atoms with Gasteiger partial charge in [-0.1, -0.05) is 12.8 Å². The van der Waals surface area contributed by atoms with Gasteiger partial charge in [0.25, 0.3) is 0 Å². The summed E-state index contributed by atoms with van der Waals surface area (Å²) in [5.74, 6) is -2.07. The molecule has 2 heterocycles. The van der Waals surface area contributed by atoms with Crippen molar-refractivity contribution in [2.24, 2.45) is 11.7 Å². The number of hydrogen-bond acceptors (Lipinski definition) is 5. The normalized spacial score (nSPS) is 25.8. The maximum absolute atomic E-state index is 12.4. The van der Waals surface area contributed by atoms with E-state index in [2.05, 4.69) is 10.3 Å². The molecule has 0 bridgehead atoms. The topological polar surface area (TPSA) is 126 Å². The summed E-state index contributed by atoms with van der Waals surface area (Å²) in [5.41, 5.74) is 4.86. The Labute approximate surface area is 145 Å². The zero-order chi connectivity index (χ0) is 18.0. The van der Waals surface area contributed by atoms with E-state index in [0.717, 1.165) is 25.7 Å². The predicted octanol–water partition coefficient (Wildman–Crippen LogP) is 0.273. The summed E-state index contributed by atoms with van der Waals surface area (Å²) in [6, 6.07) is 1.37. The Hall–Kier alpha value is -2.48. The van der Waals surface area contributed by atoms with Crippen molar-refractivity contribution in [2.45, 2.75) is 37.7 Å². The van der Waals surface area contributed by atoms with Gasteiger partial charge in [0, 0.05) is 25.2 Å². The molecule has 0 radical (unpaired) electrons. The van der Waals surface area contributed by atoms with Gasteiger partial charge in [0.2, 0.25) is 5.91 Å². The van der Waals surface area contributed by atoms with E-state index in [0.29, 0.717) is 19.5 Å². The highest BCUT2D eigenvalue weighted by Crippen LogP contribution is 2.39. The van der Waals surface area contributed by atoms with Crippen LogP contribution >= 0.6 is 0 Å². The molecule has 0 aromatic carbocycles. The van der Waals surface area contributed by atoms with Crippen LogP contribution < -0.4 is 11.1 Å². The molecule has 1 aromatic heterocycles. The third kappa shape index (κ3) is 3.63. The smallest absolute Gasteiger partial charge is 0.313 e. The largest absolute Gasteiger partial charge is 0.389 e. The third-order valence-corrected chi connectivity index (χ3v) is 5.19. The molecule has 1 aliphatic heterocycles. The lowest BCUT2D eigenvalue weighted by atomic mass is 9.71. The van der Waals surface area contributed by atoms with Gasteiger partial charge in [-0.2, -0.15) is 0 Å². The number of likely N-dealkylation sites (tertiary alicyclic amines) is 1. The molecule has 3 rings (SSSR count). The van der Waals surface area contributed by atoms with Gasteiger partial charge < -0.3 is 21.1 Å². The lowest BCUT2D eigenvalue weighted by Crippen LogP contribution is -2.56. The van der Waals surface area contributed by atoms with Gasteiger partial charge in [0.15, 0.2) is 0 Å². The molecular formula is C17H22N4O4. The summed E-state index contributed by atoms with van der Waals surface area (Å²) in [6.07, 6.45) is 6.79. The molecule has 1 saturated heterocycles. The highest BCUT2D eigenvalue weighted by atomic mass is 16.3. The number of primary amides is 1. The monoisotopic (exact) mass is 346 g/mol. The van der Waals surface area contributed by atoms with Crippen molar-refractivity contribution in [3.63, 3.8) is 0 Å². The Morgan fingerprint density at radius 1 is 1.28 bits per heavy atom. The summed E-state index contributed by atoms with van der Waals surface area (Å²) in [5, 5.41) is 13.1. The van der Waals surface area contributed by atoms with E-state index in [1.807, 2.05) is 0 Å². The number of nitrogens with one attached hydrogen (secondary N) is 1. The van der Waals surface area contributed by atoms with Gasteiger partial charge in [-0.25, -0.2) is 0 Å². The number of hydrogen-bond donors (Lipinski definition) is 3. The number of nitrogens with two attached hydrogens (primary N) is 1. The number of rotatable bonds is 2. The van der Waals surface area contributed by atoms with Crippen LogP contribution in [0.25, 0.3) is 0 Å². The Morgan fingerprint density at radius 2 is 2.08 bits per heavy atom. The van der Waals surface area contributed by atoms with Gasteiger partial charge in [-0.15, -0.1) is 0 Å². The molecule has 134 valence electrons. The zero-order valence-corrected chi connectivity index (χ0v) is 13.9. The Morgan fingerprint density at radius 3 is 2.84 bits per heavy atom. The quantitative estimate of drug-likeness (QED) is 0.663. The van der Waals surface area contributed by atoms with Crippen LogP contribution in [0.4, 0.5) is 5.69 Å². The van der Waals surface area contributed by atoms with Crippen LogP contribution in [0.15, 0.2) is 18.5 Å². The molecular weight excluding hydrogens is 324 g/mol. The minimum atomic E-state index is -0.787. The average Bonchev–Trinajstić information content (AvgIpc) is 2.60. The molecule has 1 saturated carbocycles. The molecule has 1 aliphatic carbocycles. The number of nitrogens with zero attached hydrogens (tertiary/aromatic N) is 2. The first-order valence-corrected chi connectivity index (χ1v) is 8.46. The molecule has 4 N–H and O–H groups in total.